The van der Waals surface area contributed by atoms with E-state index in [1.807, 2.05) is 6.08 Å². The van der Waals surface area contributed by atoms with Crippen LogP contribution in [0.25, 0.3) is 0 Å². The van der Waals surface area contributed by atoms with Crippen LogP contribution in [0.4, 0.5) is 0 Å². The minimum absolute atomic E-state index is 0.271. The molecule has 0 aromatic carbocycles. The Hall–Kier alpha value is -0.380. The Kier molecular flexibility index (Phi) is 1.94. The van der Waals surface area contributed by atoms with Crippen molar-refractivity contribution in [2.45, 2.75) is 12.3 Å². The molecule has 0 saturated carbocycles. The van der Waals surface area contributed by atoms with Gasteiger partial charge in [0.1, 0.15) is 12.3 Å². The number of morpholine rings is 1. The van der Waals surface area contributed by atoms with Crippen molar-refractivity contribution in [3.63, 3.8) is 0 Å². The van der Waals surface area contributed by atoms with Crippen LogP contribution in [0.5, 0.6) is 0 Å². The van der Waals surface area contributed by atoms with Crippen LogP contribution < -0.4 is 0 Å². The summed E-state index contributed by atoms with van der Waals surface area (Å²) < 4.78 is 10.6. The third-order valence-electron chi connectivity index (χ3n) is 2.14. The summed E-state index contributed by atoms with van der Waals surface area (Å²) >= 11 is 0. The zero-order valence-corrected chi connectivity index (χ0v) is 6.53. The Morgan fingerprint density at radius 1 is 1.36 bits per heavy atom. The van der Waals surface area contributed by atoms with Gasteiger partial charge in [0.05, 0.1) is 13.2 Å². The van der Waals surface area contributed by atoms with Gasteiger partial charge < -0.3 is 9.47 Å². The number of nitrogens with zero attached hydrogens (tertiary/aromatic N) is 1. The lowest BCUT2D eigenvalue weighted by atomic mass is 10.3. The summed E-state index contributed by atoms with van der Waals surface area (Å²) in [4.78, 5) is 2.30. The molecule has 62 valence electrons. The highest BCUT2D eigenvalue weighted by molar-refractivity contribution is 4.98. The van der Waals surface area contributed by atoms with Crippen molar-refractivity contribution in [3.8, 4) is 0 Å². The molecule has 0 aliphatic carbocycles. The lowest BCUT2D eigenvalue weighted by molar-refractivity contribution is 0.0162. The highest BCUT2D eigenvalue weighted by atomic mass is 16.6. The summed E-state index contributed by atoms with van der Waals surface area (Å²) in [6.07, 6.45) is 2.43. The molecule has 2 aliphatic rings. The fraction of sp³-hybridized carbons (Fsp3) is 0.750. The maximum atomic E-state index is 5.36. The first-order chi connectivity index (χ1) is 5.42. The van der Waals surface area contributed by atoms with Gasteiger partial charge in [-0.3, -0.25) is 4.90 Å². The van der Waals surface area contributed by atoms with Crippen LogP contribution in [-0.2, 0) is 9.47 Å². The maximum Gasteiger partial charge on any atom is 0.141 e. The molecule has 2 saturated heterocycles. The van der Waals surface area contributed by atoms with E-state index in [4.69, 9.17) is 9.47 Å². The van der Waals surface area contributed by atoms with Crippen molar-refractivity contribution in [3.05, 3.63) is 12.7 Å². The van der Waals surface area contributed by atoms with Crippen LogP contribution in [0.3, 0.4) is 0 Å². The largest absolute Gasteiger partial charge is 0.379 e. The second-order valence-corrected chi connectivity index (χ2v) is 2.88. The van der Waals surface area contributed by atoms with Crippen molar-refractivity contribution < 1.29 is 9.47 Å². The minimum atomic E-state index is 0.271. The van der Waals surface area contributed by atoms with Crippen LogP contribution in [-0.4, -0.2) is 43.5 Å². The zero-order valence-electron chi connectivity index (χ0n) is 6.53. The second kappa shape index (κ2) is 2.93. The van der Waals surface area contributed by atoms with Gasteiger partial charge >= 0.3 is 0 Å². The van der Waals surface area contributed by atoms with Gasteiger partial charge in [0.2, 0.25) is 0 Å². The standard InChI is InChI=1S/C8H13NO2/c1-2-7-8(11-7)9-3-5-10-6-4-9/h2,7-8H,1,3-6H2. The number of epoxide rings is 1. The fourth-order valence-corrected chi connectivity index (χ4v) is 1.41. The number of hydrogen-bond donors (Lipinski definition) is 0. The Labute approximate surface area is 66.6 Å². The molecule has 2 fully saturated rings. The Bertz CT molecular complexity index is 154. The van der Waals surface area contributed by atoms with E-state index in [0.29, 0.717) is 6.23 Å². The lowest BCUT2D eigenvalue weighted by Gasteiger charge is -2.24. The third kappa shape index (κ3) is 1.45. The first kappa shape index (κ1) is 7.28. The van der Waals surface area contributed by atoms with E-state index in [1.54, 1.807) is 0 Å². The highest BCUT2D eigenvalue weighted by Crippen LogP contribution is 2.26. The van der Waals surface area contributed by atoms with E-state index in [-0.39, 0.29) is 6.10 Å². The van der Waals surface area contributed by atoms with Crippen molar-refractivity contribution in [2.24, 2.45) is 0 Å². The summed E-state index contributed by atoms with van der Waals surface area (Å²) in [5, 5.41) is 0. The predicted molar refractivity (Wildman–Crippen MR) is 41.3 cm³/mol. The van der Waals surface area contributed by atoms with Gasteiger partial charge in [-0.2, -0.15) is 0 Å². The molecule has 0 spiro atoms. The molecule has 2 heterocycles. The minimum Gasteiger partial charge on any atom is -0.379 e. The quantitative estimate of drug-likeness (QED) is 0.421. The molecule has 2 aliphatic heterocycles. The molecule has 3 nitrogen and oxygen atoms in total. The lowest BCUT2D eigenvalue weighted by Crippen LogP contribution is -2.39. The van der Waals surface area contributed by atoms with Crippen molar-refractivity contribution in [1.82, 2.24) is 4.90 Å². The molecule has 0 amide bonds. The second-order valence-electron chi connectivity index (χ2n) is 2.88. The van der Waals surface area contributed by atoms with Crippen molar-refractivity contribution in [1.29, 1.82) is 0 Å². The van der Waals surface area contributed by atoms with Gasteiger partial charge in [0.25, 0.3) is 0 Å². The van der Waals surface area contributed by atoms with Crippen molar-refractivity contribution in [2.75, 3.05) is 26.3 Å². The molecule has 2 atom stereocenters. The first-order valence-electron chi connectivity index (χ1n) is 4.01. The summed E-state index contributed by atoms with van der Waals surface area (Å²) in [6.45, 7) is 7.35. The van der Waals surface area contributed by atoms with Crippen LogP contribution in [0.2, 0.25) is 0 Å². The summed E-state index contributed by atoms with van der Waals surface area (Å²) in [6, 6.07) is 0. The average molecular weight is 155 g/mol. The molecule has 11 heavy (non-hydrogen) atoms. The van der Waals surface area contributed by atoms with Gasteiger partial charge in [-0.05, 0) is 0 Å². The molecule has 0 bridgehead atoms. The molecular formula is C8H13NO2. The first-order valence-corrected chi connectivity index (χ1v) is 4.01. The predicted octanol–water partition coefficient (Wildman–Crippen LogP) is 0.230. The molecule has 2 rings (SSSR count). The fourth-order valence-electron chi connectivity index (χ4n) is 1.41. The smallest absolute Gasteiger partial charge is 0.141 e. The van der Waals surface area contributed by atoms with E-state index in [0.717, 1.165) is 26.3 Å². The summed E-state index contributed by atoms with van der Waals surface area (Å²) in [7, 11) is 0. The summed E-state index contributed by atoms with van der Waals surface area (Å²) in [5.41, 5.74) is 0. The Morgan fingerprint density at radius 2 is 2.09 bits per heavy atom. The van der Waals surface area contributed by atoms with Gasteiger partial charge in [0.15, 0.2) is 0 Å². The van der Waals surface area contributed by atoms with E-state index in [9.17, 15) is 0 Å². The van der Waals surface area contributed by atoms with Gasteiger partial charge in [-0.25, -0.2) is 0 Å². The van der Waals surface area contributed by atoms with Crippen LogP contribution in [0.1, 0.15) is 0 Å². The Balaban J connectivity index is 1.81. The normalized spacial score (nSPS) is 38.5. The Morgan fingerprint density at radius 3 is 2.64 bits per heavy atom. The zero-order chi connectivity index (χ0) is 7.68. The van der Waals surface area contributed by atoms with E-state index in [2.05, 4.69) is 11.5 Å². The molecule has 3 heteroatoms. The average Bonchev–Trinajstić information content (AvgIpc) is 2.85. The third-order valence-corrected chi connectivity index (χ3v) is 2.14. The monoisotopic (exact) mass is 155 g/mol. The van der Waals surface area contributed by atoms with E-state index in [1.165, 1.54) is 0 Å². The van der Waals surface area contributed by atoms with Gasteiger partial charge in [-0.15, -0.1) is 6.58 Å². The molecule has 0 aromatic heterocycles. The van der Waals surface area contributed by atoms with Crippen LogP contribution in [0, 0.1) is 0 Å². The van der Waals surface area contributed by atoms with Gasteiger partial charge in [0, 0.05) is 13.1 Å². The molecule has 2 unspecified atom stereocenters. The molecule has 0 radical (unpaired) electrons. The van der Waals surface area contributed by atoms with Gasteiger partial charge in [-0.1, -0.05) is 6.08 Å². The van der Waals surface area contributed by atoms with Crippen LogP contribution in [0.15, 0.2) is 12.7 Å². The maximum absolute atomic E-state index is 5.36. The number of rotatable bonds is 2. The van der Waals surface area contributed by atoms with Crippen molar-refractivity contribution >= 4 is 0 Å². The van der Waals surface area contributed by atoms with E-state index >= 15 is 0 Å². The molecular weight excluding hydrogens is 142 g/mol. The number of ether oxygens (including phenoxy) is 2. The highest BCUT2D eigenvalue weighted by Gasteiger charge is 2.41. The number of hydrogen-bond acceptors (Lipinski definition) is 3. The topological polar surface area (TPSA) is 25.0 Å². The van der Waals surface area contributed by atoms with E-state index < -0.39 is 0 Å². The summed E-state index contributed by atoms with van der Waals surface area (Å²) in [5.74, 6) is 0. The van der Waals surface area contributed by atoms with Crippen LogP contribution >= 0.6 is 0 Å². The SMILES string of the molecule is C=CC1OC1N1CCOCC1. The molecule has 0 N–H and O–H groups in total. The molecule has 0 aromatic rings.